The van der Waals surface area contributed by atoms with Crippen LogP contribution in [0.15, 0.2) is 60.7 Å². The van der Waals surface area contributed by atoms with E-state index in [1.807, 2.05) is 60.7 Å². The Hall–Kier alpha value is -3.08. The summed E-state index contributed by atoms with van der Waals surface area (Å²) in [5.74, 6) is -1.12. The van der Waals surface area contributed by atoms with Gasteiger partial charge in [-0.05, 0) is 10.8 Å². The molecular formula is C16H11N3O2. The third kappa shape index (κ3) is 2.49. The molecule has 0 unspecified atom stereocenters. The molecule has 0 radical (unpaired) electrons. The molecule has 1 heterocycles. The molecule has 102 valence electrons. The van der Waals surface area contributed by atoms with Gasteiger partial charge in [0.2, 0.25) is 0 Å². The first kappa shape index (κ1) is 12.9. The predicted octanol–water partition coefficient (Wildman–Crippen LogP) is 2.90. The smallest absolute Gasteiger partial charge is 0.357 e. The molecule has 1 aromatic heterocycles. The molecule has 0 bridgehead atoms. The highest BCUT2D eigenvalue weighted by atomic mass is 16.4. The van der Waals surface area contributed by atoms with Gasteiger partial charge in [-0.25, -0.2) is 4.79 Å². The van der Waals surface area contributed by atoms with Crippen LogP contribution in [0, 0.1) is 0 Å². The summed E-state index contributed by atoms with van der Waals surface area (Å²) in [6.45, 7) is 0. The van der Waals surface area contributed by atoms with Gasteiger partial charge in [0.25, 0.3) is 0 Å². The molecule has 3 rings (SSSR count). The van der Waals surface area contributed by atoms with E-state index in [0.717, 1.165) is 11.1 Å². The lowest BCUT2D eigenvalue weighted by molar-refractivity contribution is 0.0689. The van der Waals surface area contributed by atoms with Gasteiger partial charge in [0.05, 0.1) is 0 Å². The topological polar surface area (TPSA) is 76.0 Å². The van der Waals surface area contributed by atoms with Crippen molar-refractivity contribution >= 4 is 5.97 Å². The number of carboxylic acid groups (broad SMARTS) is 1. The van der Waals surface area contributed by atoms with Crippen LogP contribution >= 0.6 is 0 Å². The fourth-order valence-corrected chi connectivity index (χ4v) is 2.15. The molecule has 0 fully saturated rings. The summed E-state index contributed by atoms with van der Waals surface area (Å²) in [5, 5.41) is 20.7. The van der Waals surface area contributed by atoms with E-state index in [4.69, 9.17) is 0 Å². The van der Waals surface area contributed by atoms with Crippen molar-refractivity contribution in [3.8, 4) is 22.4 Å². The van der Waals surface area contributed by atoms with Crippen LogP contribution in [0.5, 0.6) is 0 Å². The Kier molecular flexibility index (Phi) is 3.39. The highest BCUT2D eigenvalue weighted by Crippen LogP contribution is 2.31. The zero-order chi connectivity index (χ0) is 14.7. The van der Waals surface area contributed by atoms with E-state index < -0.39 is 5.97 Å². The first-order valence-electron chi connectivity index (χ1n) is 6.35. The van der Waals surface area contributed by atoms with Crippen LogP contribution in [0.4, 0.5) is 0 Å². The predicted molar refractivity (Wildman–Crippen MR) is 77.7 cm³/mol. The Morgan fingerprint density at radius 1 is 0.810 bits per heavy atom. The Bertz CT molecular complexity index is 774. The van der Waals surface area contributed by atoms with E-state index in [1.165, 1.54) is 0 Å². The quantitative estimate of drug-likeness (QED) is 0.796. The lowest BCUT2D eigenvalue weighted by atomic mass is 9.98. The number of carbonyl (C=O) groups is 1. The summed E-state index contributed by atoms with van der Waals surface area (Å²) in [7, 11) is 0. The maximum atomic E-state index is 11.4. The van der Waals surface area contributed by atoms with E-state index >= 15 is 0 Å². The fraction of sp³-hybridized carbons (Fsp3) is 0. The van der Waals surface area contributed by atoms with Gasteiger partial charge in [-0.3, -0.25) is 0 Å². The average Bonchev–Trinajstić information content (AvgIpc) is 2.55. The second-order valence-electron chi connectivity index (χ2n) is 4.40. The SMILES string of the molecule is O=C(O)c1nnnc(-c2ccccc2)c1-c1ccccc1. The molecule has 5 heteroatoms. The van der Waals surface area contributed by atoms with Crippen molar-refractivity contribution in [2.24, 2.45) is 0 Å². The van der Waals surface area contributed by atoms with Gasteiger partial charge in [-0.2, -0.15) is 0 Å². The van der Waals surface area contributed by atoms with Crippen LogP contribution < -0.4 is 0 Å². The minimum absolute atomic E-state index is 0.102. The molecule has 0 amide bonds. The molecule has 1 N–H and O–H groups in total. The molecule has 21 heavy (non-hydrogen) atoms. The van der Waals surface area contributed by atoms with Gasteiger partial charge in [0.1, 0.15) is 5.69 Å². The number of aromatic carboxylic acids is 1. The highest BCUT2D eigenvalue weighted by molar-refractivity contribution is 5.98. The maximum absolute atomic E-state index is 11.4. The van der Waals surface area contributed by atoms with Gasteiger partial charge in [0.15, 0.2) is 5.69 Å². The minimum Gasteiger partial charge on any atom is -0.476 e. The Morgan fingerprint density at radius 2 is 1.38 bits per heavy atom. The van der Waals surface area contributed by atoms with Gasteiger partial charge in [-0.15, -0.1) is 10.2 Å². The average molecular weight is 277 g/mol. The van der Waals surface area contributed by atoms with Crippen molar-refractivity contribution < 1.29 is 9.90 Å². The number of rotatable bonds is 3. The number of nitrogens with zero attached hydrogens (tertiary/aromatic N) is 3. The van der Waals surface area contributed by atoms with Crippen LogP contribution in [0.1, 0.15) is 10.5 Å². The third-order valence-electron chi connectivity index (χ3n) is 3.08. The molecule has 0 aliphatic carbocycles. The van der Waals surface area contributed by atoms with Crippen molar-refractivity contribution in [2.45, 2.75) is 0 Å². The fourth-order valence-electron chi connectivity index (χ4n) is 2.15. The van der Waals surface area contributed by atoms with E-state index in [2.05, 4.69) is 15.4 Å². The monoisotopic (exact) mass is 277 g/mol. The summed E-state index contributed by atoms with van der Waals surface area (Å²) in [6, 6.07) is 18.6. The molecular weight excluding hydrogens is 266 g/mol. The van der Waals surface area contributed by atoms with E-state index in [-0.39, 0.29) is 5.69 Å². The standard InChI is InChI=1S/C16H11N3O2/c20-16(21)15-13(11-7-3-1-4-8-11)14(17-19-18-15)12-9-5-2-6-10-12/h1-10H,(H,20,21). The molecule has 2 aromatic carbocycles. The summed E-state index contributed by atoms with van der Waals surface area (Å²) in [5.41, 5.74) is 2.43. The molecule has 0 spiro atoms. The van der Waals surface area contributed by atoms with Crippen LogP contribution in [0.2, 0.25) is 0 Å². The first-order chi connectivity index (χ1) is 10.3. The molecule has 5 nitrogen and oxygen atoms in total. The van der Waals surface area contributed by atoms with Gasteiger partial charge in [-0.1, -0.05) is 60.7 Å². The normalized spacial score (nSPS) is 10.3. The molecule has 0 saturated heterocycles. The Morgan fingerprint density at radius 3 is 1.95 bits per heavy atom. The number of benzene rings is 2. The number of carboxylic acids is 1. The third-order valence-corrected chi connectivity index (χ3v) is 3.08. The molecule has 0 atom stereocenters. The van der Waals surface area contributed by atoms with Crippen LogP contribution in [0.3, 0.4) is 0 Å². The summed E-state index contributed by atoms with van der Waals surface area (Å²) in [6.07, 6.45) is 0. The van der Waals surface area contributed by atoms with E-state index in [0.29, 0.717) is 11.3 Å². The second-order valence-corrected chi connectivity index (χ2v) is 4.40. The molecule has 0 aliphatic heterocycles. The molecule has 0 aliphatic rings. The number of aromatic nitrogens is 3. The number of hydrogen-bond donors (Lipinski definition) is 1. The maximum Gasteiger partial charge on any atom is 0.357 e. The summed E-state index contributed by atoms with van der Waals surface area (Å²) >= 11 is 0. The van der Waals surface area contributed by atoms with E-state index in [9.17, 15) is 9.90 Å². The lowest BCUT2D eigenvalue weighted by Crippen LogP contribution is -2.08. The largest absolute Gasteiger partial charge is 0.476 e. The molecule has 0 saturated carbocycles. The van der Waals surface area contributed by atoms with E-state index in [1.54, 1.807) is 0 Å². The van der Waals surface area contributed by atoms with Gasteiger partial charge in [0, 0.05) is 11.1 Å². The Labute approximate surface area is 120 Å². The summed E-state index contributed by atoms with van der Waals surface area (Å²) in [4.78, 5) is 11.4. The van der Waals surface area contributed by atoms with Crippen molar-refractivity contribution in [3.05, 3.63) is 66.4 Å². The summed E-state index contributed by atoms with van der Waals surface area (Å²) < 4.78 is 0. The lowest BCUT2D eigenvalue weighted by Gasteiger charge is -2.10. The minimum atomic E-state index is -1.12. The zero-order valence-corrected chi connectivity index (χ0v) is 11.0. The van der Waals surface area contributed by atoms with Crippen molar-refractivity contribution in [3.63, 3.8) is 0 Å². The second kappa shape index (κ2) is 5.50. The van der Waals surface area contributed by atoms with Gasteiger partial charge < -0.3 is 5.11 Å². The van der Waals surface area contributed by atoms with Crippen LogP contribution in [-0.2, 0) is 0 Å². The van der Waals surface area contributed by atoms with Crippen molar-refractivity contribution in [1.29, 1.82) is 0 Å². The van der Waals surface area contributed by atoms with Gasteiger partial charge >= 0.3 is 5.97 Å². The van der Waals surface area contributed by atoms with Crippen LogP contribution in [0.25, 0.3) is 22.4 Å². The first-order valence-corrected chi connectivity index (χ1v) is 6.35. The van der Waals surface area contributed by atoms with Crippen molar-refractivity contribution in [1.82, 2.24) is 15.4 Å². The Balaban J connectivity index is 2.31. The highest BCUT2D eigenvalue weighted by Gasteiger charge is 2.20. The zero-order valence-electron chi connectivity index (χ0n) is 11.0. The van der Waals surface area contributed by atoms with Crippen molar-refractivity contribution in [2.75, 3.05) is 0 Å². The van der Waals surface area contributed by atoms with Crippen LogP contribution in [-0.4, -0.2) is 26.5 Å². The number of hydrogen-bond acceptors (Lipinski definition) is 4. The molecule has 3 aromatic rings.